The van der Waals surface area contributed by atoms with Gasteiger partial charge in [0.05, 0.1) is 17.8 Å². The number of likely N-dealkylation sites (N-methyl/N-ethyl adjacent to an activating group) is 1. The molecule has 1 aliphatic heterocycles. The normalized spacial score (nSPS) is 16.7. The molecule has 0 aromatic heterocycles. The highest BCUT2D eigenvalue weighted by molar-refractivity contribution is 9.10. The molecule has 2 aromatic carbocycles. The summed E-state index contributed by atoms with van der Waals surface area (Å²) in [6.07, 6.45) is -8.17. The molecule has 186 valence electrons. The summed E-state index contributed by atoms with van der Waals surface area (Å²) >= 11 is 3.36. The van der Waals surface area contributed by atoms with Gasteiger partial charge < -0.3 is 15.5 Å². The molecule has 1 heterocycles. The Morgan fingerprint density at radius 1 is 1.17 bits per heavy atom. The summed E-state index contributed by atoms with van der Waals surface area (Å²) in [5.74, 6) is -3.05. The van der Waals surface area contributed by atoms with Gasteiger partial charge in [-0.25, -0.2) is 9.38 Å². The van der Waals surface area contributed by atoms with E-state index < -0.39 is 54.8 Å². The van der Waals surface area contributed by atoms with E-state index in [9.17, 15) is 31.9 Å². The van der Waals surface area contributed by atoms with Gasteiger partial charge in [0.2, 0.25) is 18.0 Å². The topological polar surface area (TPSA) is 90.9 Å². The summed E-state index contributed by atoms with van der Waals surface area (Å²) in [4.78, 5) is 43.2. The molecule has 7 nitrogen and oxygen atoms in total. The van der Waals surface area contributed by atoms with Gasteiger partial charge in [-0.15, -0.1) is 0 Å². The number of anilines is 1. The van der Waals surface area contributed by atoms with E-state index >= 15 is 0 Å². The molecule has 3 rings (SSSR count). The molecule has 1 unspecified atom stereocenters. The van der Waals surface area contributed by atoms with Crippen molar-refractivity contribution in [1.29, 1.82) is 0 Å². The van der Waals surface area contributed by atoms with E-state index in [1.54, 1.807) is 24.3 Å². The second-order valence-corrected chi connectivity index (χ2v) is 8.75. The zero-order chi connectivity index (χ0) is 25.9. The molecule has 2 aromatic rings. The second kappa shape index (κ2) is 10.5. The van der Waals surface area contributed by atoms with Crippen molar-refractivity contribution in [3.8, 4) is 0 Å². The number of rotatable bonds is 6. The number of aliphatic imine (C=N–C) groups is 1. The van der Waals surface area contributed by atoms with Gasteiger partial charge in [-0.2, -0.15) is 13.2 Å². The number of hydrogen-bond donors (Lipinski definition) is 2. The molecule has 0 saturated carbocycles. The first-order valence-corrected chi connectivity index (χ1v) is 11.2. The number of nitrogens with zero attached hydrogens (tertiary/aromatic N) is 2. The number of halogens is 5. The van der Waals surface area contributed by atoms with Gasteiger partial charge in [0.15, 0.2) is 0 Å². The van der Waals surface area contributed by atoms with Gasteiger partial charge in [-0.3, -0.25) is 14.4 Å². The average Bonchev–Trinajstić information content (AvgIpc) is 2.88. The maximum Gasteiger partial charge on any atom is 0.389 e. The molecule has 35 heavy (non-hydrogen) atoms. The molecule has 2 N–H and O–H groups in total. The van der Waals surface area contributed by atoms with Crippen LogP contribution in [0.1, 0.15) is 30.9 Å². The average molecular weight is 557 g/mol. The summed E-state index contributed by atoms with van der Waals surface area (Å²) in [7, 11) is 1.47. The van der Waals surface area contributed by atoms with E-state index in [4.69, 9.17) is 0 Å². The van der Waals surface area contributed by atoms with E-state index in [0.29, 0.717) is 15.7 Å². The van der Waals surface area contributed by atoms with E-state index in [2.05, 4.69) is 31.6 Å². The van der Waals surface area contributed by atoms with Gasteiger partial charge in [-0.05, 0) is 37.3 Å². The molecule has 1 aliphatic rings. The largest absolute Gasteiger partial charge is 0.389 e. The molecule has 0 radical (unpaired) electrons. The maximum atomic E-state index is 14.7. The fraction of sp³-hybridized carbons (Fsp3) is 0.304. The molecule has 0 fully saturated rings. The van der Waals surface area contributed by atoms with Crippen molar-refractivity contribution < 1.29 is 31.9 Å². The lowest BCUT2D eigenvalue weighted by atomic mass is 10.00. The van der Waals surface area contributed by atoms with Crippen LogP contribution >= 0.6 is 15.9 Å². The predicted molar refractivity (Wildman–Crippen MR) is 124 cm³/mol. The van der Waals surface area contributed by atoms with Crippen molar-refractivity contribution >= 4 is 45.1 Å². The number of benzodiazepines with no additional fused rings is 1. The molecule has 2 atom stereocenters. The summed E-state index contributed by atoms with van der Waals surface area (Å²) in [5.41, 5.74) is 1.07. The molecule has 12 heteroatoms. The van der Waals surface area contributed by atoms with Crippen LogP contribution in [0.4, 0.5) is 23.2 Å². The van der Waals surface area contributed by atoms with E-state index in [1.165, 1.54) is 37.1 Å². The lowest BCUT2D eigenvalue weighted by Crippen LogP contribution is -2.52. The third-order valence-electron chi connectivity index (χ3n) is 5.21. The SMILES string of the molecule is C[C@H](NC(=O)CCC(F)(F)F)C(=O)NC1N=C(c2ccccc2F)c2cc(Br)ccc2N(C)C1=O. The minimum absolute atomic E-state index is 0.0997. The summed E-state index contributed by atoms with van der Waals surface area (Å²) in [6, 6.07) is 9.56. The Balaban J connectivity index is 1.90. The number of amides is 3. The summed E-state index contributed by atoms with van der Waals surface area (Å²) in [5, 5.41) is 4.57. The highest BCUT2D eigenvalue weighted by atomic mass is 79.9. The van der Waals surface area contributed by atoms with Crippen LogP contribution in [0.2, 0.25) is 0 Å². The first-order chi connectivity index (χ1) is 16.4. The van der Waals surface area contributed by atoms with E-state index in [1.807, 2.05) is 0 Å². The van der Waals surface area contributed by atoms with Crippen molar-refractivity contribution in [2.24, 2.45) is 4.99 Å². The Morgan fingerprint density at radius 3 is 2.51 bits per heavy atom. The monoisotopic (exact) mass is 556 g/mol. The molecule has 0 saturated heterocycles. The molecular weight excluding hydrogens is 536 g/mol. The number of hydrogen-bond acceptors (Lipinski definition) is 4. The van der Waals surface area contributed by atoms with Crippen LogP contribution in [-0.4, -0.2) is 48.9 Å². The lowest BCUT2D eigenvalue weighted by Gasteiger charge is -2.22. The Labute approximate surface area is 206 Å². The van der Waals surface area contributed by atoms with Gasteiger partial charge >= 0.3 is 6.18 Å². The minimum Gasteiger partial charge on any atom is -0.345 e. The third-order valence-corrected chi connectivity index (χ3v) is 5.71. The number of nitrogens with one attached hydrogen (secondary N) is 2. The first-order valence-electron chi connectivity index (χ1n) is 10.4. The van der Waals surface area contributed by atoms with Crippen LogP contribution in [0.15, 0.2) is 51.9 Å². The zero-order valence-electron chi connectivity index (χ0n) is 18.6. The van der Waals surface area contributed by atoms with Crippen LogP contribution < -0.4 is 15.5 Å². The lowest BCUT2D eigenvalue weighted by molar-refractivity contribution is -0.144. The van der Waals surface area contributed by atoms with E-state index in [0.717, 1.165) is 0 Å². The molecule has 0 bridgehead atoms. The van der Waals surface area contributed by atoms with Crippen LogP contribution in [0.5, 0.6) is 0 Å². The predicted octanol–water partition coefficient (Wildman–Crippen LogP) is 3.69. The fourth-order valence-electron chi connectivity index (χ4n) is 3.40. The smallest absolute Gasteiger partial charge is 0.345 e. The Bertz CT molecular complexity index is 1190. The zero-order valence-corrected chi connectivity index (χ0v) is 20.2. The molecule has 0 aliphatic carbocycles. The minimum atomic E-state index is -4.51. The summed E-state index contributed by atoms with van der Waals surface area (Å²) < 4.78 is 52.4. The second-order valence-electron chi connectivity index (χ2n) is 7.83. The maximum absolute atomic E-state index is 14.7. The Hall–Kier alpha value is -3.28. The molecular formula is C23H21BrF4N4O3. The summed E-state index contributed by atoms with van der Waals surface area (Å²) in [6.45, 7) is 1.26. The van der Waals surface area contributed by atoms with Gasteiger partial charge in [0, 0.05) is 29.1 Å². The van der Waals surface area contributed by atoms with Crippen LogP contribution in [0.25, 0.3) is 0 Å². The number of carbonyl (C=O) groups excluding carboxylic acids is 3. The Morgan fingerprint density at radius 2 is 1.86 bits per heavy atom. The van der Waals surface area contributed by atoms with E-state index in [-0.39, 0.29) is 11.3 Å². The molecule has 3 amide bonds. The first kappa shape index (κ1) is 26.3. The quantitative estimate of drug-likeness (QED) is 0.531. The van der Waals surface area contributed by atoms with Gasteiger partial charge in [0.1, 0.15) is 11.9 Å². The van der Waals surface area contributed by atoms with Crippen molar-refractivity contribution in [1.82, 2.24) is 10.6 Å². The molecule has 0 spiro atoms. The van der Waals surface area contributed by atoms with Gasteiger partial charge in [0.25, 0.3) is 5.91 Å². The van der Waals surface area contributed by atoms with Crippen molar-refractivity contribution in [2.45, 2.75) is 38.1 Å². The fourth-order valence-corrected chi connectivity index (χ4v) is 3.76. The van der Waals surface area contributed by atoms with Crippen molar-refractivity contribution in [3.63, 3.8) is 0 Å². The van der Waals surface area contributed by atoms with Gasteiger partial charge in [-0.1, -0.05) is 28.1 Å². The number of fused-ring (bicyclic) bond motifs is 1. The third kappa shape index (κ3) is 6.44. The Kier molecular flexibility index (Phi) is 7.93. The number of carbonyl (C=O) groups is 3. The van der Waals surface area contributed by atoms with Crippen LogP contribution in [0, 0.1) is 5.82 Å². The standard InChI is InChI=1S/C23H21BrF4N4O3/c1-12(29-18(33)9-10-23(26,27)28)21(34)31-20-22(35)32(2)17-8-7-13(24)11-15(17)19(30-20)14-5-3-4-6-16(14)25/h3-8,11-12,20H,9-10H2,1-2H3,(H,29,33)(H,31,34)/t12-,20?/m0/s1. The van der Waals surface area contributed by atoms with Crippen molar-refractivity contribution in [3.05, 3.63) is 63.9 Å². The highest BCUT2D eigenvalue weighted by Crippen LogP contribution is 2.30. The van der Waals surface area contributed by atoms with Crippen molar-refractivity contribution in [2.75, 3.05) is 11.9 Å². The number of alkyl halides is 3. The number of benzene rings is 2. The van der Waals surface area contributed by atoms with Crippen LogP contribution in [-0.2, 0) is 14.4 Å². The van der Waals surface area contributed by atoms with Crippen LogP contribution in [0.3, 0.4) is 0 Å². The highest BCUT2D eigenvalue weighted by Gasteiger charge is 2.33.